The Morgan fingerprint density at radius 3 is 1.05 bits per heavy atom. The quantitative estimate of drug-likeness (QED) is 0.175. The molecule has 38 heavy (non-hydrogen) atoms. The van der Waals surface area contributed by atoms with Crippen molar-refractivity contribution in [1.29, 1.82) is 0 Å². The number of nitrogens with two attached hydrogens (primary N) is 1. The molecule has 0 aliphatic rings. The number of benzene rings is 5. The second kappa shape index (κ2) is 10.8. The van der Waals surface area contributed by atoms with Gasteiger partial charge in [0.05, 0.1) is 0 Å². The van der Waals surface area contributed by atoms with Crippen LogP contribution in [0.3, 0.4) is 0 Å². The Balaban J connectivity index is 1.22. The average molecular weight is 500 g/mol. The van der Waals surface area contributed by atoms with E-state index in [0.717, 1.165) is 11.3 Å². The molecule has 0 aliphatic carbocycles. The minimum Gasteiger partial charge on any atom is -0.457 e. The fourth-order valence-corrected chi connectivity index (χ4v) is 3.87. The van der Waals surface area contributed by atoms with E-state index in [2.05, 4.69) is 0 Å². The van der Waals surface area contributed by atoms with Crippen LogP contribution >= 0.6 is 0 Å². The van der Waals surface area contributed by atoms with Crippen molar-refractivity contribution in [1.82, 2.24) is 0 Å². The Kier molecular flexibility index (Phi) is 7.00. The van der Waals surface area contributed by atoms with Crippen molar-refractivity contribution < 1.29 is 19.1 Å². The summed E-state index contributed by atoms with van der Waals surface area (Å²) in [6.07, 6.45) is 0. The van der Waals surface area contributed by atoms with Gasteiger partial charge in [-0.25, -0.2) is 0 Å². The molecule has 5 rings (SSSR count). The summed E-state index contributed by atoms with van der Waals surface area (Å²) >= 11 is 0. The molecule has 0 spiro atoms. The van der Waals surface area contributed by atoms with Gasteiger partial charge < -0.3 is 15.2 Å². The number of carbonyl (C=O) groups excluding carboxylic acids is 2. The molecular weight excluding hydrogens is 474 g/mol. The standard InChI is InChI=1S/C33H25NO4/c1-22-2-14-28(15-3-22)37-29-16-8-25(9-17-29)32(35)23-4-6-24(7-5-23)33(36)26-10-18-30(19-11-26)38-31-20-12-27(34)13-21-31/h2-21H,34H2,1H3. The molecule has 0 unspecified atom stereocenters. The molecular formula is C33H25NO4. The summed E-state index contributed by atoms with van der Waals surface area (Å²) < 4.78 is 11.6. The number of ketones is 2. The molecule has 0 aliphatic heterocycles. The molecule has 0 fully saturated rings. The van der Waals surface area contributed by atoms with Crippen LogP contribution in [0.2, 0.25) is 0 Å². The topological polar surface area (TPSA) is 78.6 Å². The van der Waals surface area contributed by atoms with Crippen LogP contribution in [-0.4, -0.2) is 11.6 Å². The van der Waals surface area contributed by atoms with Crippen molar-refractivity contribution in [3.63, 3.8) is 0 Å². The number of rotatable bonds is 8. The molecule has 5 heteroatoms. The summed E-state index contributed by atoms with van der Waals surface area (Å²) in [5, 5.41) is 0. The maximum atomic E-state index is 13.0. The van der Waals surface area contributed by atoms with E-state index in [1.165, 1.54) is 0 Å². The number of ether oxygens (including phenoxy) is 2. The van der Waals surface area contributed by atoms with E-state index in [0.29, 0.717) is 45.2 Å². The van der Waals surface area contributed by atoms with Gasteiger partial charge in [0, 0.05) is 27.9 Å². The fourth-order valence-electron chi connectivity index (χ4n) is 3.87. The predicted molar refractivity (Wildman–Crippen MR) is 148 cm³/mol. The van der Waals surface area contributed by atoms with Gasteiger partial charge >= 0.3 is 0 Å². The Bertz CT molecular complexity index is 1430. The van der Waals surface area contributed by atoms with Crippen LogP contribution in [0.4, 0.5) is 5.69 Å². The molecule has 0 saturated heterocycles. The lowest BCUT2D eigenvalue weighted by Gasteiger charge is -2.08. The van der Waals surface area contributed by atoms with Crippen LogP contribution in [0, 0.1) is 6.92 Å². The highest BCUT2D eigenvalue weighted by Crippen LogP contribution is 2.25. The lowest BCUT2D eigenvalue weighted by molar-refractivity contribution is 0.102. The first kappa shape index (κ1) is 24.5. The summed E-state index contributed by atoms with van der Waals surface area (Å²) in [7, 11) is 0. The number of anilines is 1. The van der Waals surface area contributed by atoms with Crippen LogP contribution in [0.25, 0.3) is 0 Å². The summed E-state index contributed by atoms with van der Waals surface area (Å²) in [6, 6.07) is 35.5. The van der Waals surface area contributed by atoms with E-state index in [4.69, 9.17) is 15.2 Å². The van der Waals surface area contributed by atoms with Crippen molar-refractivity contribution in [3.05, 3.63) is 149 Å². The molecule has 186 valence electrons. The van der Waals surface area contributed by atoms with Crippen molar-refractivity contribution in [2.45, 2.75) is 6.92 Å². The van der Waals surface area contributed by atoms with Crippen LogP contribution in [0.1, 0.15) is 37.4 Å². The zero-order valence-corrected chi connectivity index (χ0v) is 20.8. The third-order valence-corrected chi connectivity index (χ3v) is 6.01. The number of nitrogen functional groups attached to an aromatic ring is 1. The molecule has 0 saturated carbocycles. The Labute approximate surface area is 221 Å². The lowest BCUT2D eigenvalue weighted by Crippen LogP contribution is -2.04. The van der Waals surface area contributed by atoms with E-state index in [-0.39, 0.29) is 11.6 Å². The fraction of sp³-hybridized carbons (Fsp3) is 0.0303. The molecule has 2 N–H and O–H groups in total. The summed E-state index contributed by atoms with van der Waals surface area (Å²) in [4.78, 5) is 25.9. The first-order chi connectivity index (χ1) is 18.4. The number of hydrogen-bond donors (Lipinski definition) is 1. The molecule has 0 aromatic heterocycles. The van der Waals surface area contributed by atoms with Gasteiger partial charge in [-0.2, -0.15) is 0 Å². The largest absolute Gasteiger partial charge is 0.457 e. The van der Waals surface area contributed by atoms with E-state index in [9.17, 15) is 9.59 Å². The van der Waals surface area contributed by atoms with Gasteiger partial charge in [0.1, 0.15) is 23.0 Å². The maximum absolute atomic E-state index is 13.0. The van der Waals surface area contributed by atoms with Crippen molar-refractivity contribution in [3.8, 4) is 23.0 Å². The number of carbonyl (C=O) groups is 2. The summed E-state index contributed by atoms with van der Waals surface area (Å²) in [5.74, 6) is 2.39. The van der Waals surface area contributed by atoms with Crippen molar-refractivity contribution in [2.24, 2.45) is 0 Å². The molecule has 0 bridgehead atoms. The lowest BCUT2D eigenvalue weighted by atomic mass is 9.98. The first-order valence-corrected chi connectivity index (χ1v) is 12.1. The molecule has 0 heterocycles. The van der Waals surface area contributed by atoms with Crippen molar-refractivity contribution >= 4 is 17.3 Å². The Morgan fingerprint density at radius 2 is 0.711 bits per heavy atom. The minimum atomic E-state index is -0.138. The van der Waals surface area contributed by atoms with Gasteiger partial charge in [-0.05, 0) is 91.9 Å². The van der Waals surface area contributed by atoms with E-state index in [1.54, 1.807) is 97.1 Å². The van der Waals surface area contributed by atoms with Crippen molar-refractivity contribution in [2.75, 3.05) is 5.73 Å². The summed E-state index contributed by atoms with van der Waals surface area (Å²) in [5.41, 5.74) is 9.58. The van der Waals surface area contributed by atoms with E-state index in [1.807, 2.05) is 31.2 Å². The molecule has 5 aromatic rings. The predicted octanol–water partition coefficient (Wildman–Crippen LogP) is 7.62. The van der Waals surface area contributed by atoms with Crippen LogP contribution in [0.5, 0.6) is 23.0 Å². The highest BCUT2D eigenvalue weighted by atomic mass is 16.5. The van der Waals surface area contributed by atoms with Gasteiger partial charge in [0.2, 0.25) is 0 Å². The minimum absolute atomic E-state index is 0.130. The third-order valence-electron chi connectivity index (χ3n) is 6.01. The third kappa shape index (κ3) is 5.79. The van der Waals surface area contributed by atoms with Crippen LogP contribution in [-0.2, 0) is 0 Å². The van der Waals surface area contributed by atoms with E-state index >= 15 is 0 Å². The number of aryl methyl sites for hydroxylation is 1. The molecule has 0 amide bonds. The first-order valence-electron chi connectivity index (χ1n) is 12.1. The second-order valence-corrected chi connectivity index (χ2v) is 8.87. The van der Waals surface area contributed by atoms with Gasteiger partial charge in [-0.15, -0.1) is 0 Å². The highest BCUT2D eigenvalue weighted by molar-refractivity contribution is 6.11. The van der Waals surface area contributed by atoms with Gasteiger partial charge in [-0.1, -0.05) is 42.0 Å². The Hall–Kier alpha value is -5.16. The zero-order valence-electron chi connectivity index (χ0n) is 20.8. The van der Waals surface area contributed by atoms with Gasteiger partial charge in [-0.3, -0.25) is 9.59 Å². The Morgan fingerprint density at radius 1 is 0.447 bits per heavy atom. The second-order valence-electron chi connectivity index (χ2n) is 8.87. The monoisotopic (exact) mass is 499 g/mol. The molecule has 5 nitrogen and oxygen atoms in total. The normalized spacial score (nSPS) is 10.6. The van der Waals surface area contributed by atoms with Gasteiger partial charge in [0.25, 0.3) is 0 Å². The molecule has 5 aromatic carbocycles. The smallest absolute Gasteiger partial charge is 0.193 e. The molecule has 0 radical (unpaired) electrons. The average Bonchev–Trinajstić information content (AvgIpc) is 2.96. The van der Waals surface area contributed by atoms with Crippen LogP contribution < -0.4 is 15.2 Å². The maximum Gasteiger partial charge on any atom is 0.193 e. The van der Waals surface area contributed by atoms with Gasteiger partial charge in [0.15, 0.2) is 11.6 Å². The molecule has 0 atom stereocenters. The number of hydrogen-bond acceptors (Lipinski definition) is 5. The van der Waals surface area contributed by atoms with Crippen LogP contribution in [0.15, 0.2) is 121 Å². The highest BCUT2D eigenvalue weighted by Gasteiger charge is 2.13. The van der Waals surface area contributed by atoms with E-state index < -0.39 is 0 Å². The SMILES string of the molecule is Cc1ccc(Oc2ccc(C(=O)c3ccc(C(=O)c4ccc(Oc5ccc(N)cc5)cc4)cc3)cc2)cc1. The zero-order chi connectivity index (χ0) is 26.5. The summed E-state index contributed by atoms with van der Waals surface area (Å²) in [6.45, 7) is 2.02.